The fourth-order valence-corrected chi connectivity index (χ4v) is 2.57. The van der Waals surface area contributed by atoms with Crippen LogP contribution in [0, 0.1) is 0 Å². The van der Waals surface area contributed by atoms with E-state index in [0.29, 0.717) is 5.56 Å². The van der Waals surface area contributed by atoms with Gasteiger partial charge in [0.05, 0.1) is 11.3 Å². The topological polar surface area (TPSA) is 63.9 Å². The Morgan fingerprint density at radius 1 is 1.05 bits per heavy atom. The third kappa shape index (κ3) is 2.54. The lowest BCUT2D eigenvalue weighted by atomic mass is 10.1. The zero-order valence-corrected chi connectivity index (χ0v) is 11.3. The average Bonchev–Trinajstić information content (AvgIpc) is 2.89. The highest BCUT2D eigenvalue weighted by atomic mass is 16.2. The van der Waals surface area contributed by atoms with E-state index in [1.807, 2.05) is 29.2 Å². The minimum atomic E-state index is 0.0676. The first-order valence-electron chi connectivity index (χ1n) is 6.98. The van der Waals surface area contributed by atoms with Crippen molar-refractivity contribution >= 4 is 5.91 Å². The van der Waals surface area contributed by atoms with Gasteiger partial charge in [0, 0.05) is 13.1 Å². The van der Waals surface area contributed by atoms with Crippen molar-refractivity contribution in [3.63, 3.8) is 0 Å². The smallest absolute Gasteiger partial charge is 0.256 e. The second-order valence-corrected chi connectivity index (χ2v) is 4.98. The third-order valence-electron chi connectivity index (χ3n) is 3.62. The van der Waals surface area contributed by atoms with Gasteiger partial charge in [-0.1, -0.05) is 25.0 Å². The Balaban J connectivity index is 1.91. The molecule has 0 atom stereocenters. The minimum Gasteiger partial charge on any atom is -0.339 e. The van der Waals surface area contributed by atoms with Crippen LogP contribution in [-0.4, -0.2) is 44.1 Å². The standard InChI is InChI=1S/C14H17N5O/c20-14(18-9-5-1-2-6-10-18)12-7-3-4-8-13(12)19-11-15-16-17-19/h3-4,7-8,11H,1-2,5-6,9-10H2. The van der Waals surface area contributed by atoms with E-state index in [-0.39, 0.29) is 5.91 Å². The molecule has 104 valence electrons. The van der Waals surface area contributed by atoms with Crippen LogP contribution in [0.15, 0.2) is 30.6 Å². The zero-order valence-electron chi connectivity index (χ0n) is 11.3. The van der Waals surface area contributed by atoms with Gasteiger partial charge in [-0.05, 0) is 35.4 Å². The molecule has 0 aliphatic carbocycles. The molecule has 1 saturated heterocycles. The van der Waals surface area contributed by atoms with Gasteiger partial charge in [-0.25, -0.2) is 0 Å². The SMILES string of the molecule is O=C(c1ccccc1-n1cnnn1)N1CCCCCC1. The fourth-order valence-electron chi connectivity index (χ4n) is 2.57. The first-order chi connectivity index (χ1) is 9.86. The first-order valence-corrected chi connectivity index (χ1v) is 6.98. The van der Waals surface area contributed by atoms with Gasteiger partial charge in [-0.15, -0.1) is 5.10 Å². The van der Waals surface area contributed by atoms with Crippen molar-refractivity contribution < 1.29 is 4.79 Å². The molecule has 1 amide bonds. The van der Waals surface area contributed by atoms with E-state index in [1.54, 1.807) is 0 Å². The molecule has 0 N–H and O–H groups in total. The lowest BCUT2D eigenvalue weighted by Crippen LogP contribution is -2.32. The van der Waals surface area contributed by atoms with Crippen molar-refractivity contribution in [2.45, 2.75) is 25.7 Å². The van der Waals surface area contributed by atoms with E-state index in [9.17, 15) is 4.79 Å². The quantitative estimate of drug-likeness (QED) is 0.833. The van der Waals surface area contributed by atoms with Gasteiger partial charge in [-0.2, -0.15) is 4.68 Å². The molecule has 6 nitrogen and oxygen atoms in total. The maximum absolute atomic E-state index is 12.7. The van der Waals surface area contributed by atoms with Crippen LogP contribution >= 0.6 is 0 Å². The minimum absolute atomic E-state index is 0.0676. The summed E-state index contributed by atoms with van der Waals surface area (Å²) in [6, 6.07) is 7.46. The Bertz CT molecular complexity index is 573. The van der Waals surface area contributed by atoms with E-state index in [2.05, 4.69) is 15.5 Å². The summed E-state index contributed by atoms with van der Waals surface area (Å²) >= 11 is 0. The summed E-state index contributed by atoms with van der Waals surface area (Å²) in [4.78, 5) is 14.7. The Morgan fingerprint density at radius 2 is 1.80 bits per heavy atom. The van der Waals surface area contributed by atoms with Gasteiger partial charge in [0.2, 0.25) is 0 Å². The number of tetrazole rings is 1. The number of likely N-dealkylation sites (tertiary alicyclic amines) is 1. The number of benzene rings is 1. The maximum atomic E-state index is 12.7. The summed E-state index contributed by atoms with van der Waals surface area (Å²) in [6.07, 6.45) is 6.09. The normalized spacial score (nSPS) is 15.9. The van der Waals surface area contributed by atoms with Crippen molar-refractivity contribution in [2.75, 3.05) is 13.1 Å². The highest BCUT2D eigenvalue weighted by molar-refractivity contribution is 5.97. The summed E-state index contributed by atoms with van der Waals surface area (Å²) in [7, 11) is 0. The molecule has 2 heterocycles. The molecule has 2 aromatic rings. The van der Waals surface area contributed by atoms with Crippen LogP contribution in [-0.2, 0) is 0 Å². The predicted molar refractivity (Wildman–Crippen MR) is 73.5 cm³/mol. The van der Waals surface area contributed by atoms with Gasteiger partial charge in [0.25, 0.3) is 5.91 Å². The predicted octanol–water partition coefficient (Wildman–Crippen LogP) is 1.68. The van der Waals surface area contributed by atoms with E-state index in [4.69, 9.17) is 0 Å². The molecule has 20 heavy (non-hydrogen) atoms. The first kappa shape index (κ1) is 12.8. The van der Waals surface area contributed by atoms with E-state index >= 15 is 0 Å². The number of rotatable bonds is 2. The number of amides is 1. The molecular formula is C14H17N5O. The number of para-hydroxylation sites is 1. The van der Waals surface area contributed by atoms with Crippen molar-refractivity contribution in [3.8, 4) is 5.69 Å². The summed E-state index contributed by atoms with van der Waals surface area (Å²) in [5, 5.41) is 11.1. The van der Waals surface area contributed by atoms with Crippen LogP contribution in [0.2, 0.25) is 0 Å². The zero-order chi connectivity index (χ0) is 13.8. The highest BCUT2D eigenvalue weighted by Gasteiger charge is 2.20. The van der Waals surface area contributed by atoms with Gasteiger partial charge >= 0.3 is 0 Å². The Labute approximate surface area is 117 Å². The monoisotopic (exact) mass is 271 g/mol. The molecule has 1 fully saturated rings. The second-order valence-electron chi connectivity index (χ2n) is 4.98. The van der Waals surface area contributed by atoms with Gasteiger partial charge in [0.15, 0.2) is 0 Å². The number of hydrogen-bond donors (Lipinski definition) is 0. The largest absolute Gasteiger partial charge is 0.339 e. The molecule has 6 heteroatoms. The Morgan fingerprint density at radius 3 is 2.50 bits per heavy atom. The molecule has 3 rings (SSSR count). The molecule has 1 aromatic carbocycles. The summed E-state index contributed by atoms with van der Waals surface area (Å²) in [6.45, 7) is 1.67. The van der Waals surface area contributed by atoms with Crippen LogP contribution in [0.5, 0.6) is 0 Å². The molecule has 0 unspecified atom stereocenters. The lowest BCUT2D eigenvalue weighted by molar-refractivity contribution is 0.0761. The molecular weight excluding hydrogens is 254 g/mol. The summed E-state index contributed by atoms with van der Waals surface area (Å²) in [5.74, 6) is 0.0676. The third-order valence-corrected chi connectivity index (χ3v) is 3.62. The van der Waals surface area contributed by atoms with E-state index < -0.39 is 0 Å². The highest BCUT2D eigenvalue weighted by Crippen LogP contribution is 2.18. The molecule has 0 radical (unpaired) electrons. The van der Waals surface area contributed by atoms with Gasteiger partial charge < -0.3 is 4.90 Å². The molecule has 0 spiro atoms. The number of carbonyl (C=O) groups excluding carboxylic acids is 1. The molecule has 1 aromatic heterocycles. The number of aromatic nitrogens is 4. The van der Waals surface area contributed by atoms with Gasteiger partial charge in [0.1, 0.15) is 6.33 Å². The van der Waals surface area contributed by atoms with Crippen LogP contribution in [0.1, 0.15) is 36.0 Å². The molecule has 0 saturated carbocycles. The summed E-state index contributed by atoms with van der Waals surface area (Å²) < 4.78 is 1.53. The number of nitrogens with zero attached hydrogens (tertiary/aromatic N) is 5. The van der Waals surface area contributed by atoms with E-state index in [0.717, 1.165) is 31.6 Å². The number of hydrogen-bond acceptors (Lipinski definition) is 4. The average molecular weight is 271 g/mol. The fraction of sp³-hybridized carbons (Fsp3) is 0.429. The van der Waals surface area contributed by atoms with Crippen LogP contribution in [0.4, 0.5) is 0 Å². The number of carbonyl (C=O) groups is 1. The van der Waals surface area contributed by atoms with Crippen molar-refractivity contribution in [1.29, 1.82) is 0 Å². The van der Waals surface area contributed by atoms with Crippen LogP contribution < -0.4 is 0 Å². The van der Waals surface area contributed by atoms with Gasteiger partial charge in [-0.3, -0.25) is 4.79 Å². The van der Waals surface area contributed by atoms with Crippen LogP contribution in [0.25, 0.3) is 5.69 Å². The molecule has 0 bridgehead atoms. The Kier molecular flexibility index (Phi) is 3.71. The molecule has 1 aliphatic heterocycles. The van der Waals surface area contributed by atoms with Crippen molar-refractivity contribution in [2.24, 2.45) is 0 Å². The van der Waals surface area contributed by atoms with Crippen LogP contribution in [0.3, 0.4) is 0 Å². The summed E-state index contributed by atoms with van der Waals surface area (Å²) in [5.41, 5.74) is 1.38. The lowest BCUT2D eigenvalue weighted by Gasteiger charge is -2.21. The van der Waals surface area contributed by atoms with Crippen molar-refractivity contribution in [1.82, 2.24) is 25.1 Å². The molecule has 1 aliphatic rings. The maximum Gasteiger partial charge on any atom is 0.256 e. The second kappa shape index (κ2) is 5.81. The van der Waals surface area contributed by atoms with E-state index in [1.165, 1.54) is 23.9 Å². The Hall–Kier alpha value is -2.24. The van der Waals surface area contributed by atoms with Crippen molar-refractivity contribution in [3.05, 3.63) is 36.2 Å².